The smallest absolute Gasteiger partial charge is 0.416 e. The highest BCUT2D eigenvalue weighted by molar-refractivity contribution is 6.06. The van der Waals surface area contributed by atoms with Crippen molar-refractivity contribution in [2.24, 2.45) is 0 Å². The van der Waals surface area contributed by atoms with E-state index in [-0.39, 0.29) is 30.0 Å². The molecule has 1 unspecified atom stereocenters. The molecule has 31 heavy (non-hydrogen) atoms. The summed E-state index contributed by atoms with van der Waals surface area (Å²) < 4.78 is 82.0. The van der Waals surface area contributed by atoms with E-state index in [0.29, 0.717) is 5.56 Å². The third-order valence-corrected chi connectivity index (χ3v) is 5.21. The van der Waals surface area contributed by atoms with Crippen LogP contribution in [-0.4, -0.2) is 18.5 Å². The number of esters is 1. The van der Waals surface area contributed by atoms with E-state index < -0.39 is 41.3 Å². The molecule has 0 spiro atoms. The molecular weight excluding hydrogens is 428 g/mol. The fourth-order valence-corrected chi connectivity index (χ4v) is 3.74. The summed E-state index contributed by atoms with van der Waals surface area (Å²) in [4.78, 5) is 26.3. The Morgan fingerprint density at radius 1 is 0.806 bits per heavy atom. The van der Waals surface area contributed by atoms with Gasteiger partial charge in [0.05, 0.1) is 22.4 Å². The molecule has 0 saturated carbocycles. The van der Waals surface area contributed by atoms with Gasteiger partial charge in [-0.05, 0) is 42.0 Å². The number of carbonyl (C=O) groups is 2. The number of hydrogen-bond acceptors (Lipinski definition) is 3. The Labute approximate surface area is 171 Å². The highest BCUT2D eigenvalue weighted by Crippen LogP contribution is 2.43. The van der Waals surface area contributed by atoms with Gasteiger partial charge in [0.1, 0.15) is 6.61 Å². The van der Waals surface area contributed by atoms with Crippen molar-refractivity contribution in [3.8, 4) is 0 Å². The van der Waals surface area contributed by atoms with Crippen LogP contribution in [-0.2, 0) is 26.7 Å². The van der Waals surface area contributed by atoms with E-state index in [2.05, 4.69) is 0 Å². The Hall–Kier alpha value is -3.30. The molecule has 1 amide bonds. The topological polar surface area (TPSA) is 46.6 Å². The molecule has 0 saturated heterocycles. The quantitative estimate of drug-likeness (QED) is 0.484. The predicted molar refractivity (Wildman–Crippen MR) is 95.7 cm³/mol. The fraction of sp³-hybridized carbons (Fsp3) is 0.238. The minimum atomic E-state index is -4.55. The molecule has 0 fully saturated rings. The second-order valence-electron chi connectivity index (χ2n) is 7.09. The van der Waals surface area contributed by atoms with Gasteiger partial charge >= 0.3 is 18.3 Å². The summed E-state index contributed by atoms with van der Waals surface area (Å²) in [6.45, 7) is -0.266. The van der Waals surface area contributed by atoms with Crippen LogP contribution in [0.25, 0.3) is 0 Å². The molecule has 1 atom stereocenters. The molecule has 10 heteroatoms. The summed E-state index contributed by atoms with van der Waals surface area (Å²) in [5.41, 5.74) is -1.01. The highest BCUT2D eigenvalue weighted by Gasteiger charge is 2.43. The van der Waals surface area contributed by atoms with Gasteiger partial charge < -0.3 is 4.74 Å². The van der Waals surface area contributed by atoms with Crippen LogP contribution in [0.4, 0.5) is 32.0 Å². The van der Waals surface area contributed by atoms with Crippen LogP contribution in [0.15, 0.2) is 59.8 Å². The minimum absolute atomic E-state index is 0.110. The molecule has 2 heterocycles. The first-order chi connectivity index (χ1) is 14.5. The van der Waals surface area contributed by atoms with Crippen molar-refractivity contribution in [3.05, 3.63) is 76.5 Å². The molecule has 2 aliphatic rings. The number of anilines is 1. The van der Waals surface area contributed by atoms with E-state index in [1.165, 1.54) is 12.1 Å². The zero-order valence-electron chi connectivity index (χ0n) is 15.6. The number of alkyl halides is 6. The van der Waals surface area contributed by atoms with E-state index in [0.717, 1.165) is 41.3 Å². The molecule has 0 bridgehead atoms. The van der Waals surface area contributed by atoms with Gasteiger partial charge in [0.15, 0.2) is 0 Å². The lowest BCUT2D eigenvalue weighted by Crippen LogP contribution is -2.37. The molecular formula is C21H13F6NO3. The first-order valence-electron chi connectivity index (χ1n) is 9.04. The molecule has 0 radical (unpaired) electrons. The number of amides is 1. The zero-order valence-corrected chi connectivity index (χ0v) is 15.6. The van der Waals surface area contributed by atoms with E-state index >= 15 is 0 Å². The maximum absolute atomic E-state index is 12.9. The molecule has 0 aliphatic carbocycles. The lowest BCUT2D eigenvalue weighted by molar-refractivity contribution is -0.138. The first-order valence-corrected chi connectivity index (χ1v) is 9.04. The number of cyclic esters (lactones) is 1. The van der Waals surface area contributed by atoms with Crippen molar-refractivity contribution in [2.75, 3.05) is 11.5 Å². The maximum atomic E-state index is 12.9. The van der Waals surface area contributed by atoms with E-state index in [1.807, 2.05) is 0 Å². The van der Waals surface area contributed by atoms with Crippen LogP contribution >= 0.6 is 0 Å². The third-order valence-electron chi connectivity index (χ3n) is 5.21. The Kier molecular flexibility index (Phi) is 4.83. The van der Waals surface area contributed by atoms with Gasteiger partial charge in [-0.25, -0.2) is 4.79 Å². The van der Waals surface area contributed by atoms with E-state index in [4.69, 9.17) is 4.74 Å². The van der Waals surface area contributed by atoms with Crippen LogP contribution in [0.3, 0.4) is 0 Å². The third kappa shape index (κ3) is 3.77. The first kappa shape index (κ1) is 21.0. The number of rotatable bonds is 2. The average Bonchev–Trinajstić information content (AvgIpc) is 3.08. The fourth-order valence-electron chi connectivity index (χ4n) is 3.74. The highest BCUT2D eigenvalue weighted by atomic mass is 19.4. The van der Waals surface area contributed by atoms with Crippen LogP contribution in [0.2, 0.25) is 0 Å². The summed E-state index contributed by atoms with van der Waals surface area (Å²) in [6, 6.07) is 8.00. The Bertz CT molecular complexity index is 1070. The molecule has 2 aromatic rings. The van der Waals surface area contributed by atoms with Crippen molar-refractivity contribution in [2.45, 2.75) is 24.7 Å². The summed E-state index contributed by atoms with van der Waals surface area (Å²) in [7, 11) is 0. The number of ether oxygens (including phenoxy) is 1. The van der Waals surface area contributed by atoms with Gasteiger partial charge in [-0.3, -0.25) is 9.69 Å². The number of nitrogens with zero attached hydrogens (tertiary/aromatic N) is 1. The molecule has 4 nitrogen and oxygen atoms in total. The number of hydrogen-bond donors (Lipinski definition) is 0. The van der Waals surface area contributed by atoms with Crippen molar-refractivity contribution in [3.63, 3.8) is 0 Å². The average molecular weight is 441 g/mol. The van der Waals surface area contributed by atoms with Crippen LogP contribution in [0.5, 0.6) is 0 Å². The Morgan fingerprint density at radius 3 is 1.84 bits per heavy atom. The van der Waals surface area contributed by atoms with E-state index in [1.54, 1.807) is 0 Å². The number of carbonyl (C=O) groups excluding carboxylic acids is 2. The molecule has 0 aromatic heterocycles. The standard InChI is InChI=1S/C21H13F6NO3/c22-20(23,24)12-3-1-11(2-4-12)15-9-17(29)28(16-10-31-19(30)18(15)16)14-7-5-13(6-8-14)21(25,26)27/h1-8,15H,9-10H2. The second-order valence-corrected chi connectivity index (χ2v) is 7.09. The zero-order chi connectivity index (χ0) is 22.6. The monoisotopic (exact) mass is 441 g/mol. The van der Waals surface area contributed by atoms with Gasteiger partial charge in [-0.2, -0.15) is 26.3 Å². The Balaban J connectivity index is 1.72. The second kappa shape index (κ2) is 7.14. The summed E-state index contributed by atoms with van der Waals surface area (Å²) in [6.07, 6.45) is -9.33. The van der Waals surface area contributed by atoms with Gasteiger partial charge in [-0.15, -0.1) is 0 Å². The van der Waals surface area contributed by atoms with Crippen molar-refractivity contribution in [1.82, 2.24) is 0 Å². The largest absolute Gasteiger partial charge is 0.456 e. The van der Waals surface area contributed by atoms with Crippen LogP contribution in [0.1, 0.15) is 29.0 Å². The molecule has 4 rings (SSSR count). The predicted octanol–water partition coefficient (Wildman–Crippen LogP) is 5.06. The molecule has 0 N–H and O–H groups in total. The molecule has 2 aliphatic heterocycles. The lowest BCUT2D eigenvalue weighted by Gasteiger charge is -2.32. The van der Waals surface area contributed by atoms with E-state index in [9.17, 15) is 35.9 Å². The SMILES string of the molecule is O=C1OCC2=C1C(c1ccc(C(F)(F)F)cc1)CC(=O)N2c1ccc(C(F)(F)F)cc1. The number of halogens is 6. The van der Waals surface area contributed by atoms with Gasteiger partial charge in [0.25, 0.3) is 0 Å². The number of benzene rings is 2. The molecule has 162 valence electrons. The lowest BCUT2D eigenvalue weighted by atomic mass is 9.84. The van der Waals surface area contributed by atoms with Gasteiger partial charge in [0.2, 0.25) is 5.91 Å². The summed E-state index contributed by atoms with van der Waals surface area (Å²) >= 11 is 0. The summed E-state index contributed by atoms with van der Waals surface area (Å²) in [5, 5.41) is 0. The van der Waals surface area contributed by atoms with Crippen LogP contribution in [0, 0.1) is 0 Å². The normalized spacial score (nSPS) is 19.5. The Morgan fingerprint density at radius 2 is 1.32 bits per heavy atom. The van der Waals surface area contributed by atoms with Crippen molar-refractivity contribution >= 4 is 17.6 Å². The maximum Gasteiger partial charge on any atom is 0.416 e. The molecule has 2 aromatic carbocycles. The summed E-state index contributed by atoms with van der Waals surface area (Å²) in [5.74, 6) is -2.04. The minimum Gasteiger partial charge on any atom is -0.456 e. The van der Waals surface area contributed by atoms with Crippen molar-refractivity contribution in [1.29, 1.82) is 0 Å². The van der Waals surface area contributed by atoms with Gasteiger partial charge in [0, 0.05) is 18.0 Å². The van der Waals surface area contributed by atoms with Crippen molar-refractivity contribution < 1.29 is 40.7 Å². The van der Waals surface area contributed by atoms with Gasteiger partial charge in [-0.1, -0.05) is 12.1 Å². The van der Waals surface area contributed by atoms with Crippen LogP contribution < -0.4 is 4.90 Å².